The van der Waals surface area contributed by atoms with Crippen LogP contribution in [0.25, 0.3) is 0 Å². The Balaban J connectivity index is 4.68. The summed E-state index contributed by atoms with van der Waals surface area (Å²) < 4.78 is 0. The normalized spacial score (nSPS) is 14.6. The summed E-state index contributed by atoms with van der Waals surface area (Å²) in [7, 11) is 0. The second-order valence-electron chi connectivity index (χ2n) is 7.71. The molecule has 13 heteroatoms. The summed E-state index contributed by atoms with van der Waals surface area (Å²) in [4.78, 5) is 59.9. The van der Waals surface area contributed by atoms with Crippen LogP contribution >= 0.6 is 12.6 Å². The minimum absolute atomic E-state index is 0.108. The van der Waals surface area contributed by atoms with Crippen molar-refractivity contribution in [3.05, 3.63) is 0 Å². The lowest BCUT2D eigenvalue weighted by atomic mass is 10.0. The summed E-state index contributed by atoms with van der Waals surface area (Å²) in [6.45, 7) is 4.81. The fraction of sp³-hybridized carbons (Fsp3) is 0.737. The van der Waals surface area contributed by atoms with Gasteiger partial charge in [-0.25, -0.2) is 4.79 Å². The van der Waals surface area contributed by atoms with E-state index in [0.29, 0.717) is 19.4 Å². The van der Waals surface area contributed by atoms with Crippen LogP contribution in [0, 0.1) is 5.92 Å². The Bertz CT molecular complexity index is 662. The predicted octanol–water partition coefficient (Wildman–Crippen LogP) is -2.30. The molecule has 0 saturated carbocycles. The largest absolute Gasteiger partial charge is 0.480 e. The summed E-state index contributed by atoms with van der Waals surface area (Å²) in [5.74, 6) is -3.79. The van der Waals surface area contributed by atoms with Crippen molar-refractivity contribution in [1.29, 1.82) is 0 Å². The Labute approximate surface area is 193 Å². The highest BCUT2D eigenvalue weighted by Crippen LogP contribution is 2.03. The molecule has 0 aliphatic carbocycles. The molecule has 9 N–H and O–H groups in total. The molecule has 0 aromatic rings. The van der Waals surface area contributed by atoms with E-state index in [-0.39, 0.29) is 18.1 Å². The SMILES string of the molecule is CC(C)[C@H](NC(=O)[C@@H](N)CS)C(=O)NCC(=O)N[C@@H](C)C(=O)N[C@@H](CCCCN)C(=O)O. The topological polar surface area (TPSA) is 206 Å². The van der Waals surface area contributed by atoms with Gasteiger partial charge >= 0.3 is 5.97 Å². The zero-order valence-corrected chi connectivity index (χ0v) is 19.6. The smallest absolute Gasteiger partial charge is 0.326 e. The van der Waals surface area contributed by atoms with Crippen molar-refractivity contribution in [1.82, 2.24) is 21.3 Å². The van der Waals surface area contributed by atoms with Gasteiger partial charge in [-0.2, -0.15) is 12.6 Å². The van der Waals surface area contributed by atoms with Gasteiger partial charge in [0.2, 0.25) is 23.6 Å². The molecule has 0 unspecified atom stereocenters. The van der Waals surface area contributed by atoms with Crippen molar-refractivity contribution in [2.45, 2.75) is 64.2 Å². The van der Waals surface area contributed by atoms with Crippen molar-refractivity contribution in [2.75, 3.05) is 18.8 Å². The number of thiol groups is 1. The molecule has 32 heavy (non-hydrogen) atoms. The maximum absolute atomic E-state index is 12.4. The number of nitrogens with one attached hydrogen (secondary N) is 4. The Morgan fingerprint density at radius 2 is 1.56 bits per heavy atom. The van der Waals surface area contributed by atoms with Gasteiger partial charge in [-0.05, 0) is 38.6 Å². The minimum Gasteiger partial charge on any atom is -0.480 e. The Kier molecular flexibility index (Phi) is 14.3. The van der Waals surface area contributed by atoms with Crippen LogP contribution < -0.4 is 32.7 Å². The number of rotatable bonds is 15. The van der Waals surface area contributed by atoms with Crippen LogP contribution in [0.2, 0.25) is 0 Å². The zero-order chi connectivity index (χ0) is 24.8. The first-order valence-corrected chi connectivity index (χ1v) is 11.0. The standard InChI is InChI=1S/C19H36N6O6S/c1-10(2)15(25-17(28)12(21)9-32)18(29)22-8-14(26)23-11(3)16(27)24-13(19(30)31)6-4-5-7-20/h10-13,15,32H,4-9,20-21H2,1-3H3,(H,22,29)(H,23,26)(H,24,27)(H,25,28)(H,30,31)/t11-,12-,13-,15-/m0/s1. The fourth-order valence-corrected chi connectivity index (χ4v) is 2.73. The van der Waals surface area contributed by atoms with Gasteiger partial charge in [0.05, 0.1) is 12.6 Å². The number of carboxylic acid groups (broad SMARTS) is 1. The maximum atomic E-state index is 12.4. The van der Waals surface area contributed by atoms with Crippen LogP contribution in [0.5, 0.6) is 0 Å². The fourth-order valence-electron chi connectivity index (χ4n) is 2.56. The molecular formula is C19H36N6O6S. The van der Waals surface area contributed by atoms with Gasteiger partial charge in [0.1, 0.15) is 18.1 Å². The summed E-state index contributed by atoms with van der Waals surface area (Å²) >= 11 is 3.94. The zero-order valence-electron chi connectivity index (χ0n) is 18.7. The van der Waals surface area contributed by atoms with Gasteiger partial charge < -0.3 is 37.8 Å². The maximum Gasteiger partial charge on any atom is 0.326 e. The van der Waals surface area contributed by atoms with E-state index in [1.165, 1.54) is 6.92 Å². The highest BCUT2D eigenvalue weighted by atomic mass is 32.1. The molecule has 0 aromatic heterocycles. The quantitative estimate of drug-likeness (QED) is 0.0950. The molecule has 0 aliphatic rings. The number of unbranched alkanes of at least 4 members (excludes halogenated alkanes) is 1. The van der Waals surface area contributed by atoms with E-state index in [1.54, 1.807) is 13.8 Å². The van der Waals surface area contributed by atoms with Gasteiger partial charge in [0, 0.05) is 5.75 Å². The predicted molar refractivity (Wildman–Crippen MR) is 122 cm³/mol. The lowest BCUT2D eigenvalue weighted by Gasteiger charge is -2.23. The van der Waals surface area contributed by atoms with Gasteiger partial charge in [-0.1, -0.05) is 13.8 Å². The lowest BCUT2D eigenvalue weighted by molar-refractivity contribution is -0.142. The van der Waals surface area contributed by atoms with Gasteiger partial charge in [0.25, 0.3) is 0 Å². The third-order valence-corrected chi connectivity index (χ3v) is 4.93. The monoisotopic (exact) mass is 476 g/mol. The Hall–Kier alpha value is -2.38. The third kappa shape index (κ3) is 11.3. The second kappa shape index (κ2) is 15.4. The first-order chi connectivity index (χ1) is 14.9. The summed E-state index contributed by atoms with van der Waals surface area (Å²) in [6, 6.07) is -3.90. The molecule has 4 atom stereocenters. The molecule has 0 aromatic carbocycles. The molecule has 4 amide bonds. The van der Waals surface area contributed by atoms with Crippen LogP contribution in [0.1, 0.15) is 40.0 Å². The first-order valence-electron chi connectivity index (χ1n) is 10.4. The molecule has 0 bridgehead atoms. The molecule has 0 aliphatic heterocycles. The molecule has 12 nitrogen and oxygen atoms in total. The Morgan fingerprint density at radius 3 is 2.06 bits per heavy atom. The second-order valence-corrected chi connectivity index (χ2v) is 8.08. The number of carboxylic acids is 1. The van der Waals surface area contributed by atoms with Crippen molar-refractivity contribution < 1.29 is 29.1 Å². The van der Waals surface area contributed by atoms with Crippen LogP contribution in [-0.4, -0.2) is 77.7 Å². The van der Waals surface area contributed by atoms with Gasteiger partial charge in [-0.3, -0.25) is 19.2 Å². The molecular weight excluding hydrogens is 440 g/mol. The van der Waals surface area contributed by atoms with E-state index in [0.717, 1.165) is 0 Å². The minimum atomic E-state index is -1.18. The van der Waals surface area contributed by atoms with Gasteiger partial charge in [0.15, 0.2) is 0 Å². The molecule has 0 radical (unpaired) electrons. The van der Waals surface area contributed by atoms with Crippen LogP contribution in [0.15, 0.2) is 0 Å². The number of aliphatic carboxylic acids is 1. The molecule has 0 rings (SSSR count). The molecule has 0 saturated heterocycles. The van der Waals surface area contributed by atoms with Gasteiger partial charge in [-0.15, -0.1) is 0 Å². The molecule has 184 valence electrons. The third-order valence-electron chi connectivity index (χ3n) is 4.54. The van der Waals surface area contributed by atoms with E-state index < -0.39 is 60.3 Å². The summed E-state index contributed by atoms with van der Waals surface area (Å²) in [5, 5.41) is 18.9. The van der Waals surface area contributed by atoms with Crippen molar-refractivity contribution >= 4 is 42.2 Å². The van der Waals surface area contributed by atoms with Crippen LogP contribution in [0.3, 0.4) is 0 Å². The van der Waals surface area contributed by atoms with E-state index in [9.17, 15) is 29.1 Å². The van der Waals surface area contributed by atoms with E-state index in [1.807, 2.05) is 0 Å². The molecule has 0 spiro atoms. The number of carbonyl (C=O) groups is 5. The average molecular weight is 477 g/mol. The number of hydrogen-bond donors (Lipinski definition) is 8. The van der Waals surface area contributed by atoms with Crippen molar-refractivity contribution in [2.24, 2.45) is 17.4 Å². The number of amides is 4. The van der Waals surface area contributed by atoms with Crippen molar-refractivity contribution in [3.63, 3.8) is 0 Å². The van der Waals surface area contributed by atoms with E-state index in [4.69, 9.17) is 11.5 Å². The lowest BCUT2D eigenvalue weighted by Crippen LogP contribution is -2.56. The highest BCUT2D eigenvalue weighted by Gasteiger charge is 2.27. The van der Waals surface area contributed by atoms with Crippen LogP contribution in [-0.2, 0) is 24.0 Å². The van der Waals surface area contributed by atoms with E-state index in [2.05, 4.69) is 33.9 Å². The van der Waals surface area contributed by atoms with E-state index >= 15 is 0 Å². The number of carbonyl (C=O) groups excluding carboxylic acids is 4. The number of nitrogens with two attached hydrogens (primary N) is 2. The first kappa shape index (κ1) is 29.6. The summed E-state index contributed by atoms with van der Waals surface area (Å²) in [6.07, 6.45) is 1.38. The highest BCUT2D eigenvalue weighted by molar-refractivity contribution is 7.80. The molecule has 0 heterocycles. The average Bonchev–Trinajstić information content (AvgIpc) is 2.73. The Morgan fingerprint density at radius 1 is 0.938 bits per heavy atom. The summed E-state index contributed by atoms with van der Waals surface area (Å²) in [5.41, 5.74) is 11.0. The van der Waals surface area contributed by atoms with Crippen molar-refractivity contribution in [3.8, 4) is 0 Å². The molecule has 0 fully saturated rings. The number of hydrogen-bond acceptors (Lipinski definition) is 8. The van der Waals surface area contributed by atoms with Crippen LogP contribution in [0.4, 0.5) is 0 Å².